The molecule has 116 valence electrons. The van der Waals surface area contributed by atoms with E-state index in [2.05, 4.69) is 4.98 Å². The number of nitrogens with zero attached hydrogens (tertiary/aromatic N) is 2. The number of hydrogen-bond donors (Lipinski definition) is 0. The molecule has 1 saturated carbocycles. The Hall–Kier alpha value is -1.72. The van der Waals surface area contributed by atoms with Gasteiger partial charge >= 0.3 is 0 Å². The van der Waals surface area contributed by atoms with Crippen LogP contribution in [0.15, 0.2) is 48.8 Å². The molecule has 1 fully saturated rings. The summed E-state index contributed by atoms with van der Waals surface area (Å²) in [7, 11) is -3.32. The van der Waals surface area contributed by atoms with Gasteiger partial charge < -0.3 is 0 Å². The van der Waals surface area contributed by atoms with Crippen LogP contribution in [0.2, 0.25) is 0 Å². The first-order valence-corrected chi connectivity index (χ1v) is 9.09. The van der Waals surface area contributed by atoms with Crippen molar-refractivity contribution in [3.63, 3.8) is 0 Å². The van der Waals surface area contributed by atoms with Crippen LogP contribution in [-0.4, -0.2) is 23.7 Å². The highest BCUT2D eigenvalue weighted by molar-refractivity contribution is 7.88. The predicted molar refractivity (Wildman–Crippen MR) is 86.6 cm³/mol. The molecule has 0 amide bonds. The van der Waals surface area contributed by atoms with Gasteiger partial charge in [0, 0.05) is 25.0 Å². The standard InChI is InChI=1S/C17H20N2O2S/c1-14-4-2-5-15(10-14)13-22(20,21)19(17-7-8-17)12-16-6-3-9-18-11-16/h2-6,9-11,17H,7-8,12-13H2,1H3. The molecule has 1 aliphatic carbocycles. The number of sulfonamides is 1. The van der Waals surface area contributed by atoms with Crippen molar-refractivity contribution < 1.29 is 8.42 Å². The first kappa shape index (κ1) is 15.2. The zero-order valence-corrected chi connectivity index (χ0v) is 13.5. The molecule has 0 bridgehead atoms. The molecule has 2 aromatic rings. The van der Waals surface area contributed by atoms with Gasteiger partial charge in [0.25, 0.3) is 0 Å². The van der Waals surface area contributed by atoms with E-state index in [9.17, 15) is 8.42 Å². The normalized spacial score (nSPS) is 15.2. The minimum atomic E-state index is -3.32. The summed E-state index contributed by atoms with van der Waals surface area (Å²) in [5.74, 6) is 0.0610. The third-order valence-corrected chi connectivity index (χ3v) is 5.64. The molecule has 0 radical (unpaired) electrons. The summed E-state index contributed by atoms with van der Waals surface area (Å²) < 4.78 is 27.3. The minimum absolute atomic E-state index is 0.0610. The molecule has 0 atom stereocenters. The molecule has 22 heavy (non-hydrogen) atoms. The summed E-state index contributed by atoms with van der Waals surface area (Å²) in [6.07, 6.45) is 5.34. The fourth-order valence-corrected chi connectivity index (χ4v) is 4.36. The summed E-state index contributed by atoms with van der Waals surface area (Å²) in [5, 5.41) is 0. The van der Waals surface area contributed by atoms with E-state index in [0.717, 1.165) is 29.5 Å². The van der Waals surface area contributed by atoms with Crippen molar-refractivity contribution in [3.8, 4) is 0 Å². The van der Waals surface area contributed by atoms with Crippen molar-refractivity contribution in [2.24, 2.45) is 0 Å². The molecule has 0 saturated heterocycles. The topological polar surface area (TPSA) is 50.3 Å². The molecule has 5 heteroatoms. The fourth-order valence-electron chi connectivity index (χ4n) is 2.58. The number of aryl methyl sites for hydroxylation is 1. The van der Waals surface area contributed by atoms with E-state index in [0.29, 0.717) is 6.54 Å². The Bertz CT molecular complexity index is 740. The van der Waals surface area contributed by atoms with Crippen LogP contribution in [0.3, 0.4) is 0 Å². The second kappa shape index (κ2) is 6.18. The maximum atomic E-state index is 12.8. The van der Waals surface area contributed by atoms with E-state index in [4.69, 9.17) is 0 Å². The molecule has 0 spiro atoms. The molecule has 1 heterocycles. The van der Waals surface area contributed by atoms with Gasteiger partial charge in [-0.3, -0.25) is 4.98 Å². The summed E-state index contributed by atoms with van der Waals surface area (Å²) in [6, 6.07) is 11.6. The third kappa shape index (κ3) is 3.72. The van der Waals surface area contributed by atoms with Gasteiger partial charge in [-0.05, 0) is 37.0 Å². The van der Waals surface area contributed by atoms with Gasteiger partial charge in [0.15, 0.2) is 0 Å². The second-order valence-corrected chi connectivity index (χ2v) is 7.80. The van der Waals surface area contributed by atoms with Crippen LogP contribution in [0.4, 0.5) is 0 Å². The molecule has 0 N–H and O–H groups in total. The molecule has 4 nitrogen and oxygen atoms in total. The van der Waals surface area contributed by atoms with Gasteiger partial charge in [0.1, 0.15) is 0 Å². The lowest BCUT2D eigenvalue weighted by molar-refractivity contribution is 0.397. The maximum absolute atomic E-state index is 12.8. The summed E-state index contributed by atoms with van der Waals surface area (Å²) >= 11 is 0. The second-order valence-electron chi connectivity index (χ2n) is 5.88. The van der Waals surface area contributed by atoms with E-state index < -0.39 is 10.0 Å². The smallest absolute Gasteiger partial charge is 0.218 e. The van der Waals surface area contributed by atoms with Crippen LogP contribution in [0.1, 0.15) is 29.5 Å². The van der Waals surface area contributed by atoms with Crippen LogP contribution in [-0.2, 0) is 22.3 Å². The van der Waals surface area contributed by atoms with E-state index in [1.165, 1.54) is 0 Å². The lowest BCUT2D eigenvalue weighted by atomic mass is 10.2. The van der Waals surface area contributed by atoms with Gasteiger partial charge in [0.05, 0.1) is 5.75 Å². The lowest BCUT2D eigenvalue weighted by Crippen LogP contribution is -2.33. The van der Waals surface area contributed by atoms with Crippen molar-refractivity contribution in [3.05, 3.63) is 65.5 Å². The summed E-state index contributed by atoms with van der Waals surface area (Å²) in [5.41, 5.74) is 2.86. The predicted octanol–water partition coefficient (Wildman–Crippen LogP) is 2.88. The molecule has 1 aromatic heterocycles. The van der Waals surface area contributed by atoms with E-state index in [1.807, 2.05) is 43.3 Å². The minimum Gasteiger partial charge on any atom is -0.264 e. The largest absolute Gasteiger partial charge is 0.264 e. The van der Waals surface area contributed by atoms with Crippen LogP contribution < -0.4 is 0 Å². The average Bonchev–Trinajstić information content (AvgIpc) is 3.29. The SMILES string of the molecule is Cc1cccc(CS(=O)(=O)N(Cc2cccnc2)C2CC2)c1. The Morgan fingerprint density at radius 3 is 2.59 bits per heavy atom. The maximum Gasteiger partial charge on any atom is 0.218 e. The Labute approximate surface area is 131 Å². The number of pyridine rings is 1. The highest BCUT2D eigenvalue weighted by Gasteiger charge is 2.37. The highest BCUT2D eigenvalue weighted by Crippen LogP contribution is 2.32. The third-order valence-electron chi connectivity index (χ3n) is 3.80. The zero-order valence-electron chi connectivity index (χ0n) is 12.6. The molecule has 3 rings (SSSR count). The zero-order chi connectivity index (χ0) is 15.6. The Balaban J connectivity index is 1.81. The highest BCUT2D eigenvalue weighted by atomic mass is 32.2. The van der Waals surface area contributed by atoms with E-state index >= 15 is 0 Å². The lowest BCUT2D eigenvalue weighted by Gasteiger charge is -2.22. The summed E-state index contributed by atoms with van der Waals surface area (Å²) in [6.45, 7) is 2.39. The van der Waals surface area contributed by atoms with E-state index in [1.54, 1.807) is 16.7 Å². The molecule has 1 aromatic carbocycles. The Morgan fingerprint density at radius 2 is 1.95 bits per heavy atom. The molecule has 0 unspecified atom stereocenters. The van der Waals surface area contributed by atoms with Crippen LogP contribution in [0.25, 0.3) is 0 Å². The first-order chi connectivity index (χ1) is 10.5. The van der Waals surface area contributed by atoms with Crippen LogP contribution >= 0.6 is 0 Å². The van der Waals surface area contributed by atoms with Crippen molar-refractivity contribution in [1.82, 2.24) is 9.29 Å². The number of hydrogen-bond acceptors (Lipinski definition) is 3. The van der Waals surface area contributed by atoms with Gasteiger partial charge in [-0.2, -0.15) is 4.31 Å². The molecular formula is C17H20N2O2S. The first-order valence-electron chi connectivity index (χ1n) is 7.48. The fraction of sp³-hybridized carbons (Fsp3) is 0.353. The van der Waals surface area contributed by atoms with Crippen molar-refractivity contribution in [2.75, 3.05) is 0 Å². The van der Waals surface area contributed by atoms with Crippen molar-refractivity contribution in [2.45, 2.75) is 38.1 Å². The quantitative estimate of drug-likeness (QED) is 0.823. The Kier molecular flexibility index (Phi) is 4.27. The number of aromatic nitrogens is 1. The number of benzene rings is 1. The van der Waals surface area contributed by atoms with Crippen molar-refractivity contribution >= 4 is 10.0 Å². The molecule has 0 aliphatic heterocycles. The van der Waals surface area contributed by atoms with Crippen LogP contribution in [0.5, 0.6) is 0 Å². The van der Waals surface area contributed by atoms with Gasteiger partial charge in [0.2, 0.25) is 10.0 Å². The molecular weight excluding hydrogens is 296 g/mol. The molecule has 1 aliphatic rings. The van der Waals surface area contributed by atoms with Gasteiger partial charge in [-0.15, -0.1) is 0 Å². The summed E-state index contributed by atoms with van der Waals surface area (Å²) in [4.78, 5) is 4.07. The van der Waals surface area contributed by atoms with E-state index in [-0.39, 0.29) is 11.8 Å². The Morgan fingerprint density at radius 1 is 1.18 bits per heavy atom. The van der Waals surface area contributed by atoms with Gasteiger partial charge in [-0.25, -0.2) is 8.42 Å². The van der Waals surface area contributed by atoms with Gasteiger partial charge in [-0.1, -0.05) is 35.9 Å². The van der Waals surface area contributed by atoms with Crippen molar-refractivity contribution in [1.29, 1.82) is 0 Å². The average molecular weight is 316 g/mol. The number of rotatable bonds is 6. The van der Waals surface area contributed by atoms with Crippen LogP contribution in [0, 0.1) is 6.92 Å². The monoisotopic (exact) mass is 316 g/mol.